The molecule has 0 bridgehead atoms. The quantitative estimate of drug-likeness (QED) is 0.729. The van der Waals surface area contributed by atoms with E-state index in [1.165, 1.54) is 23.4 Å². The van der Waals surface area contributed by atoms with Crippen molar-refractivity contribution in [2.75, 3.05) is 19.4 Å². The summed E-state index contributed by atoms with van der Waals surface area (Å²) in [5.74, 6) is 0.227. The van der Waals surface area contributed by atoms with Crippen LogP contribution in [0.25, 0.3) is 11.5 Å². The Morgan fingerprint density at radius 2 is 1.93 bits per heavy atom. The standard InChI is InChI=1S/C19H17ClN4O3/c1-24(2)19(26)13-7-8-21-16(9-13)23-17(25)10-15-11-27-18(22-15)12-3-5-14(20)6-4-12/h3-9,11H,10H2,1-2H3,(H,21,23,25). The Morgan fingerprint density at radius 1 is 1.19 bits per heavy atom. The molecule has 1 N–H and O–H groups in total. The van der Waals surface area contributed by atoms with Gasteiger partial charge in [0.15, 0.2) is 0 Å². The molecule has 0 atom stereocenters. The monoisotopic (exact) mass is 384 g/mol. The summed E-state index contributed by atoms with van der Waals surface area (Å²) in [6.45, 7) is 0. The van der Waals surface area contributed by atoms with Crippen LogP contribution in [0.15, 0.2) is 53.3 Å². The maximum atomic E-state index is 12.2. The second-order valence-electron chi connectivity index (χ2n) is 6.01. The van der Waals surface area contributed by atoms with Crippen LogP contribution in [0.3, 0.4) is 0 Å². The second kappa shape index (κ2) is 8.01. The predicted octanol–water partition coefficient (Wildman–Crippen LogP) is 3.27. The van der Waals surface area contributed by atoms with Crippen LogP contribution in [0.2, 0.25) is 5.02 Å². The lowest BCUT2D eigenvalue weighted by Gasteiger charge is -2.11. The Kier molecular flexibility index (Phi) is 5.52. The second-order valence-corrected chi connectivity index (χ2v) is 6.44. The van der Waals surface area contributed by atoms with E-state index < -0.39 is 0 Å². The minimum atomic E-state index is -0.312. The van der Waals surface area contributed by atoms with E-state index in [1.54, 1.807) is 44.4 Å². The molecule has 2 aromatic heterocycles. The van der Waals surface area contributed by atoms with E-state index in [0.717, 1.165) is 5.56 Å². The summed E-state index contributed by atoms with van der Waals surface area (Å²) in [5.41, 5.74) is 1.69. The van der Waals surface area contributed by atoms with E-state index in [1.807, 2.05) is 0 Å². The zero-order valence-corrected chi connectivity index (χ0v) is 15.5. The Bertz CT molecular complexity index is 967. The minimum absolute atomic E-state index is 0.0185. The number of amides is 2. The third-order valence-corrected chi connectivity index (χ3v) is 3.92. The number of carbonyl (C=O) groups is 2. The van der Waals surface area contributed by atoms with Gasteiger partial charge in [-0.15, -0.1) is 0 Å². The van der Waals surface area contributed by atoms with Gasteiger partial charge in [-0.1, -0.05) is 11.6 Å². The molecule has 0 radical (unpaired) electrons. The number of benzene rings is 1. The summed E-state index contributed by atoms with van der Waals surface area (Å²) >= 11 is 5.86. The number of oxazole rings is 1. The SMILES string of the molecule is CN(C)C(=O)c1ccnc(NC(=O)Cc2coc(-c3ccc(Cl)cc3)n2)c1. The maximum absolute atomic E-state index is 12.2. The fourth-order valence-corrected chi connectivity index (χ4v) is 2.48. The summed E-state index contributed by atoms with van der Waals surface area (Å²) < 4.78 is 5.42. The number of nitrogens with zero attached hydrogens (tertiary/aromatic N) is 3. The molecule has 3 rings (SSSR count). The molecular weight excluding hydrogens is 368 g/mol. The number of halogens is 1. The zero-order chi connectivity index (χ0) is 19.4. The summed E-state index contributed by atoms with van der Waals surface area (Å²) in [6.07, 6.45) is 2.93. The fraction of sp³-hybridized carbons (Fsp3) is 0.158. The minimum Gasteiger partial charge on any atom is -0.444 e. The largest absolute Gasteiger partial charge is 0.444 e. The molecular formula is C19H17ClN4O3. The van der Waals surface area contributed by atoms with Gasteiger partial charge in [-0.25, -0.2) is 9.97 Å². The lowest BCUT2D eigenvalue weighted by Crippen LogP contribution is -2.22. The molecule has 0 fully saturated rings. The van der Waals surface area contributed by atoms with Crippen LogP contribution in [0.4, 0.5) is 5.82 Å². The first-order valence-corrected chi connectivity index (χ1v) is 8.48. The number of rotatable bonds is 5. The number of carbonyl (C=O) groups excluding carboxylic acids is 2. The van der Waals surface area contributed by atoms with Crippen molar-refractivity contribution in [1.29, 1.82) is 0 Å². The first kappa shape index (κ1) is 18.6. The molecule has 27 heavy (non-hydrogen) atoms. The Hall–Kier alpha value is -3.19. The molecule has 0 unspecified atom stereocenters. The third-order valence-electron chi connectivity index (χ3n) is 3.67. The molecule has 2 heterocycles. The van der Waals surface area contributed by atoms with Gasteiger partial charge in [0.05, 0.1) is 12.1 Å². The number of hydrogen-bond donors (Lipinski definition) is 1. The fourth-order valence-electron chi connectivity index (χ4n) is 2.35. The molecule has 1 aromatic carbocycles. The van der Waals surface area contributed by atoms with Gasteiger partial charge in [0.25, 0.3) is 5.91 Å². The van der Waals surface area contributed by atoms with Crippen molar-refractivity contribution in [3.63, 3.8) is 0 Å². The van der Waals surface area contributed by atoms with Crippen molar-refractivity contribution >= 4 is 29.2 Å². The van der Waals surface area contributed by atoms with Crippen LogP contribution in [-0.2, 0) is 11.2 Å². The van der Waals surface area contributed by atoms with E-state index in [4.69, 9.17) is 16.0 Å². The highest BCUT2D eigenvalue weighted by molar-refractivity contribution is 6.30. The average Bonchev–Trinajstić information content (AvgIpc) is 3.10. The number of nitrogens with one attached hydrogen (secondary N) is 1. The number of aromatic nitrogens is 2. The van der Waals surface area contributed by atoms with Crippen molar-refractivity contribution in [2.24, 2.45) is 0 Å². The van der Waals surface area contributed by atoms with E-state index in [0.29, 0.717) is 28.0 Å². The van der Waals surface area contributed by atoms with Crippen LogP contribution < -0.4 is 5.32 Å². The molecule has 8 heteroatoms. The molecule has 2 amide bonds. The van der Waals surface area contributed by atoms with Crippen LogP contribution in [0, 0.1) is 0 Å². The van der Waals surface area contributed by atoms with Gasteiger partial charge >= 0.3 is 0 Å². The highest BCUT2D eigenvalue weighted by atomic mass is 35.5. The van der Waals surface area contributed by atoms with Gasteiger partial charge in [0, 0.05) is 36.4 Å². The molecule has 0 aliphatic carbocycles. The lowest BCUT2D eigenvalue weighted by atomic mass is 10.2. The Balaban J connectivity index is 1.66. The van der Waals surface area contributed by atoms with Gasteiger partial charge in [-0.05, 0) is 36.4 Å². The van der Waals surface area contributed by atoms with Crippen LogP contribution in [0.5, 0.6) is 0 Å². The molecule has 0 aliphatic rings. The average molecular weight is 385 g/mol. The van der Waals surface area contributed by atoms with Crippen LogP contribution in [0.1, 0.15) is 16.1 Å². The van der Waals surface area contributed by atoms with Crippen molar-refractivity contribution in [1.82, 2.24) is 14.9 Å². The smallest absolute Gasteiger partial charge is 0.253 e. The van der Waals surface area contributed by atoms with Crippen LogP contribution in [-0.4, -0.2) is 40.8 Å². The van der Waals surface area contributed by atoms with Gasteiger partial charge in [0.2, 0.25) is 11.8 Å². The normalized spacial score (nSPS) is 10.5. The molecule has 138 valence electrons. The van der Waals surface area contributed by atoms with Gasteiger partial charge in [0.1, 0.15) is 12.1 Å². The maximum Gasteiger partial charge on any atom is 0.253 e. The third kappa shape index (κ3) is 4.71. The van der Waals surface area contributed by atoms with Gasteiger partial charge < -0.3 is 14.6 Å². The molecule has 0 saturated carbocycles. The van der Waals surface area contributed by atoms with E-state index in [-0.39, 0.29) is 18.2 Å². The van der Waals surface area contributed by atoms with Crippen molar-refractivity contribution in [2.45, 2.75) is 6.42 Å². The molecule has 0 spiro atoms. The van der Waals surface area contributed by atoms with Crippen LogP contribution >= 0.6 is 11.6 Å². The lowest BCUT2D eigenvalue weighted by molar-refractivity contribution is -0.115. The summed E-state index contributed by atoms with van der Waals surface area (Å²) in [5, 5.41) is 3.28. The number of pyridine rings is 1. The highest BCUT2D eigenvalue weighted by Crippen LogP contribution is 2.21. The van der Waals surface area contributed by atoms with Crippen molar-refractivity contribution in [3.05, 3.63) is 65.1 Å². The summed E-state index contributed by atoms with van der Waals surface area (Å²) in [6, 6.07) is 10.2. The summed E-state index contributed by atoms with van der Waals surface area (Å²) in [7, 11) is 3.31. The first-order valence-electron chi connectivity index (χ1n) is 8.10. The van der Waals surface area contributed by atoms with E-state index >= 15 is 0 Å². The zero-order valence-electron chi connectivity index (χ0n) is 14.8. The van der Waals surface area contributed by atoms with Gasteiger partial charge in [-0.3, -0.25) is 9.59 Å². The Labute approximate surface area is 161 Å². The highest BCUT2D eigenvalue weighted by Gasteiger charge is 2.13. The first-order chi connectivity index (χ1) is 12.9. The molecule has 0 aliphatic heterocycles. The van der Waals surface area contributed by atoms with E-state index in [2.05, 4.69) is 15.3 Å². The van der Waals surface area contributed by atoms with E-state index in [9.17, 15) is 9.59 Å². The van der Waals surface area contributed by atoms with Crippen molar-refractivity contribution < 1.29 is 14.0 Å². The Morgan fingerprint density at radius 3 is 2.63 bits per heavy atom. The van der Waals surface area contributed by atoms with Gasteiger partial charge in [-0.2, -0.15) is 0 Å². The molecule has 0 saturated heterocycles. The van der Waals surface area contributed by atoms with Crippen molar-refractivity contribution in [3.8, 4) is 11.5 Å². The summed E-state index contributed by atoms with van der Waals surface area (Å²) in [4.78, 5) is 34.1. The number of hydrogen-bond acceptors (Lipinski definition) is 5. The predicted molar refractivity (Wildman–Crippen MR) is 102 cm³/mol. The molecule has 3 aromatic rings. The number of anilines is 1. The molecule has 7 nitrogen and oxygen atoms in total. The topological polar surface area (TPSA) is 88.3 Å².